The molecule has 2 heteroatoms. The highest BCUT2D eigenvalue weighted by atomic mass is 15.1. The van der Waals surface area contributed by atoms with Crippen LogP contribution in [-0.2, 0) is 0 Å². The quantitative estimate of drug-likeness (QED) is 0.466. The van der Waals surface area contributed by atoms with Crippen LogP contribution in [0.2, 0.25) is 0 Å². The van der Waals surface area contributed by atoms with Crippen molar-refractivity contribution in [1.29, 1.82) is 0 Å². The number of rotatable bonds is 10. The standard InChI is InChI=1S/C15H32N2/c1-7-8-9-10-17(6)15(5)14(4)12-16-11-13(2)3/h7,13-16H,1,8-12H2,2-6H3. The first kappa shape index (κ1) is 16.7. The van der Waals surface area contributed by atoms with Crippen LogP contribution in [0, 0.1) is 11.8 Å². The fourth-order valence-corrected chi connectivity index (χ4v) is 1.89. The predicted octanol–water partition coefficient (Wildman–Crippen LogP) is 3.15. The highest BCUT2D eigenvalue weighted by Crippen LogP contribution is 2.09. The topological polar surface area (TPSA) is 15.3 Å². The van der Waals surface area contributed by atoms with Gasteiger partial charge in [0.05, 0.1) is 0 Å². The minimum absolute atomic E-state index is 0.638. The number of unbranched alkanes of at least 4 members (excludes halogenated alkanes) is 1. The molecule has 0 aromatic rings. The van der Waals surface area contributed by atoms with Gasteiger partial charge in [0.15, 0.2) is 0 Å². The summed E-state index contributed by atoms with van der Waals surface area (Å²) in [6.07, 6.45) is 4.35. The summed E-state index contributed by atoms with van der Waals surface area (Å²) in [6.45, 7) is 16.3. The van der Waals surface area contributed by atoms with Crippen molar-refractivity contribution in [2.45, 2.75) is 46.6 Å². The molecule has 0 bridgehead atoms. The predicted molar refractivity (Wildman–Crippen MR) is 78.4 cm³/mol. The molecule has 17 heavy (non-hydrogen) atoms. The second-order valence-corrected chi connectivity index (χ2v) is 5.68. The van der Waals surface area contributed by atoms with Crippen LogP contribution in [0.5, 0.6) is 0 Å². The van der Waals surface area contributed by atoms with Gasteiger partial charge in [-0.1, -0.05) is 26.8 Å². The average Bonchev–Trinajstić information content (AvgIpc) is 2.27. The van der Waals surface area contributed by atoms with E-state index in [1.807, 2.05) is 6.08 Å². The van der Waals surface area contributed by atoms with Crippen LogP contribution in [0.1, 0.15) is 40.5 Å². The number of hydrogen-bond acceptors (Lipinski definition) is 2. The molecule has 1 N–H and O–H groups in total. The Morgan fingerprint density at radius 2 is 1.82 bits per heavy atom. The molecule has 0 amide bonds. The van der Waals surface area contributed by atoms with E-state index in [9.17, 15) is 0 Å². The van der Waals surface area contributed by atoms with Crippen molar-refractivity contribution in [3.05, 3.63) is 12.7 Å². The molecule has 0 rings (SSSR count). The van der Waals surface area contributed by atoms with E-state index in [4.69, 9.17) is 0 Å². The molecule has 0 saturated heterocycles. The molecular weight excluding hydrogens is 208 g/mol. The molecule has 0 spiro atoms. The molecule has 102 valence electrons. The maximum absolute atomic E-state index is 3.77. The lowest BCUT2D eigenvalue weighted by atomic mass is 10.0. The van der Waals surface area contributed by atoms with Crippen molar-refractivity contribution >= 4 is 0 Å². The van der Waals surface area contributed by atoms with Crippen LogP contribution < -0.4 is 5.32 Å². The summed E-state index contributed by atoms with van der Waals surface area (Å²) in [4.78, 5) is 2.46. The lowest BCUT2D eigenvalue weighted by molar-refractivity contribution is 0.194. The van der Waals surface area contributed by atoms with Gasteiger partial charge in [0.25, 0.3) is 0 Å². The molecule has 0 aliphatic carbocycles. The van der Waals surface area contributed by atoms with Gasteiger partial charge in [-0.2, -0.15) is 0 Å². The summed E-state index contributed by atoms with van der Waals surface area (Å²) in [6, 6.07) is 0.638. The molecule has 0 heterocycles. The van der Waals surface area contributed by atoms with Gasteiger partial charge in [0.1, 0.15) is 0 Å². The Balaban J connectivity index is 3.77. The van der Waals surface area contributed by atoms with E-state index in [1.54, 1.807) is 0 Å². The Morgan fingerprint density at radius 1 is 1.18 bits per heavy atom. The zero-order chi connectivity index (χ0) is 13.3. The number of nitrogens with zero attached hydrogens (tertiary/aromatic N) is 1. The molecule has 2 unspecified atom stereocenters. The van der Waals surface area contributed by atoms with Crippen molar-refractivity contribution < 1.29 is 0 Å². The van der Waals surface area contributed by atoms with E-state index in [0.717, 1.165) is 25.4 Å². The summed E-state index contributed by atoms with van der Waals surface area (Å²) < 4.78 is 0. The fourth-order valence-electron chi connectivity index (χ4n) is 1.89. The maximum Gasteiger partial charge on any atom is 0.0102 e. The van der Waals surface area contributed by atoms with Gasteiger partial charge >= 0.3 is 0 Å². The first-order chi connectivity index (χ1) is 7.99. The van der Waals surface area contributed by atoms with Crippen molar-refractivity contribution in [1.82, 2.24) is 10.2 Å². The van der Waals surface area contributed by atoms with E-state index in [-0.39, 0.29) is 0 Å². The van der Waals surface area contributed by atoms with E-state index < -0.39 is 0 Å². The third kappa shape index (κ3) is 8.39. The minimum Gasteiger partial charge on any atom is -0.316 e. The second-order valence-electron chi connectivity index (χ2n) is 5.68. The van der Waals surface area contributed by atoms with E-state index in [0.29, 0.717) is 12.0 Å². The molecule has 2 nitrogen and oxygen atoms in total. The maximum atomic E-state index is 3.77. The zero-order valence-corrected chi connectivity index (χ0v) is 12.5. The van der Waals surface area contributed by atoms with Crippen LogP contribution >= 0.6 is 0 Å². The molecular formula is C15H32N2. The Morgan fingerprint density at radius 3 is 2.35 bits per heavy atom. The fraction of sp³-hybridized carbons (Fsp3) is 0.867. The van der Waals surface area contributed by atoms with Crippen molar-refractivity contribution in [3.8, 4) is 0 Å². The second kappa shape index (κ2) is 9.67. The van der Waals surface area contributed by atoms with Crippen LogP contribution in [0.25, 0.3) is 0 Å². The van der Waals surface area contributed by atoms with Gasteiger partial charge in [-0.25, -0.2) is 0 Å². The molecule has 0 aromatic heterocycles. The average molecular weight is 240 g/mol. The normalized spacial score (nSPS) is 15.2. The number of nitrogens with one attached hydrogen (secondary N) is 1. The third-order valence-electron chi connectivity index (χ3n) is 3.46. The van der Waals surface area contributed by atoms with Gasteiger partial charge < -0.3 is 10.2 Å². The number of hydrogen-bond donors (Lipinski definition) is 1. The summed E-state index contributed by atoms with van der Waals surface area (Å²) in [5, 5.41) is 3.54. The summed E-state index contributed by atoms with van der Waals surface area (Å²) >= 11 is 0. The third-order valence-corrected chi connectivity index (χ3v) is 3.46. The van der Waals surface area contributed by atoms with Gasteiger partial charge in [-0.05, 0) is 58.3 Å². The highest BCUT2D eigenvalue weighted by Gasteiger charge is 2.16. The molecule has 0 saturated carbocycles. The Labute approximate surface area is 108 Å². The molecule has 0 aromatic carbocycles. The van der Waals surface area contributed by atoms with Gasteiger partial charge in [-0.3, -0.25) is 0 Å². The Kier molecular flexibility index (Phi) is 9.47. The van der Waals surface area contributed by atoms with E-state index >= 15 is 0 Å². The van der Waals surface area contributed by atoms with Crippen LogP contribution in [0.4, 0.5) is 0 Å². The smallest absolute Gasteiger partial charge is 0.0102 e. The van der Waals surface area contributed by atoms with E-state index in [1.165, 1.54) is 13.0 Å². The van der Waals surface area contributed by atoms with Crippen LogP contribution in [0.3, 0.4) is 0 Å². The van der Waals surface area contributed by atoms with Crippen LogP contribution in [-0.4, -0.2) is 37.6 Å². The first-order valence-electron chi connectivity index (χ1n) is 7.00. The van der Waals surface area contributed by atoms with Gasteiger partial charge in [0, 0.05) is 6.04 Å². The van der Waals surface area contributed by atoms with E-state index in [2.05, 4.69) is 51.5 Å². The summed E-state index contributed by atoms with van der Waals surface area (Å²) in [5.41, 5.74) is 0. The van der Waals surface area contributed by atoms with Gasteiger partial charge in [-0.15, -0.1) is 6.58 Å². The Hall–Kier alpha value is -0.340. The SMILES string of the molecule is C=CCCCN(C)C(C)C(C)CNCC(C)C. The minimum atomic E-state index is 0.638. The largest absolute Gasteiger partial charge is 0.316 e. The Bertz CT molecular complexity index is 189. The summed E-state index contributed by atoms with van der Waals surface area (Å²) in [5.74, 6) is 1.44. The molecule has 0 radical (unpaired) electrons. The zero-order valence-electron chi connectivity index (χ0n) is 12.5. The first-order valence-corrected chi connectivity index (χ1v) is 7.00. The van der Waals surface area contributed by atoms with Crippen LogP contribution in [0.15, 0.2) is 12.7 Å². The van der Waals surface area contributed by atoms with Gasteiger partial charge in [0.2, 0.25) is 0 Å². The lowest BCUT2D eigenvalue weighted by Crippen LogP contribution is -2.40. The lowest BCUT2D eigenvalue weighted by Gasteiger charge is -2.30. The summed E-state index contributed by atoms with van der Waals surface area (Å²) in [7, 11) is 2.23. The molecule has 0 fully saturated rings. The van der Waals surface area contributed by atoms with Crippen molar-refractivity contribution in [2.24, 2.45) is 11.8 Å². The molecule has 0 aliphatic heterocycles. The van der Waals surface area contributed by atoms with Crippen molar-refractivity contribution in [3.63, 3.8) is 0 Å². The highest BCUT2D eigenvalue weighted by molar-refractivity contribution is 4.74. The monoisotopic (exact) mass is 240 g/mol. The number of allylic oxidation sites excluding steroid dienone is 1. The van der Waals surface area contributed by atoms with Crippen molar-refractivity contribution in [2.75, 3.05) is 26.7 Å². The molecule has 2 atom stereocenters. The molecule has 0 aliphatic rings.